The molecule has 36 heavy (non-hydrogen) atoms. The van der Waals surface area contributed by atoms with E-state index in [1.165, 1.54) is 12.1 Å². The van der Waals surface area contributed by atoms with E-state index in [1.807, 2.05) is 48.9 Å². The minimum atomic E-state index is -2.87. The Morgan fingerprint density at radius 3 is 2.31 bits per heavy atom. The Morgan fingerprint density at radius 1 is 1.00 bits per heavy atom. The number of amides is 1. The molecule has 0 fully saturated rings. The van der Waals surface area contributed by atoms with Gasteiger partial charge in [-0.05, 0) is 67.4 Å². The van der Waals surface area contributed by atoms with Crippen molar-refractivity contribution in [3.63, 3.8) is 0 Å². The molecule has 0 saturated heterocycles. The predicted octanol–water partition coefficient (Wildman–Crippen LogP) is 6.67. The van der Waals surface area contributed by atoms with Crippen molar-refractivity contribution in [2.24, 2.45) is 0 Å². The van der Waals surface area contributed by atoms with E-state index in [0.717, 1.165) is 27.6 Å². The Hall–Kier alpha value is -4.38. The molecule has 0 aliphatic carbocycles. The van der Waals surface area contributed by atoms with Crippen LogP contribution in [0.2, 0.25) is 0 Å². The maximum Gasteiger partial charge on any atom is 0.415 e. The number of rotatable bonds is 8. The molecular weight excluding hydrogens is 464 g/mol. The third-order valence-electron chi connectivity index (χ3n) is 5.94. The van der Waals surface area contributed by atoms with Crippen molar-refractivity contribution in [1.29, 1.82) is 5.26 Å². The molecule has 0 radical (unpaired) electrons. The lowest BCUT2D eigenvalue weighted by Gasteiger charge is -2.20. The Kier molecular flexibility index (Phi) is 7.50. The van der Waals surface area contributed by atoms with Gasteiger partial charge in [0, 0.05) is 42.3 Å². The van der Waals surface area contributed by atoms with Crippen LogP contribution in [0, 0.1) is 11.3 Å². The smallest absolute Gasteiger partial charge is 0.415 e. The fourth-order valence-corrected chi connectivity index (χ4v) is 4.10. The molecule has 4 aromatic rings. The fraction of sp³-hybridized carbons (Fsp3) is 0.214. The Bertz CT molecular complexity index is 1390. The quantitative estimate of drug-likeness (QED) is 0.277. The maximum absolute atomic E-state index is 12.7. The summed E-state index contributed by atoms with van der Waals surface area (Å²) in [4.78, 5) is 14.3. The van der Waals surface area contributed by atoms with Gasteiger partial charge in [-0.3, -0.25) is 0 Å². The van der Waals surface area contributed by atoms with Gasteiger partial charge < -0.3 is 18.9 Å². The molecule has 1 heterocycles. The predicted molar refractivity (Wildman–Crippen MR) is 133 cm³/mol. The van der Waals surface area contributed by atoms with Crippen LogP contribution in [0.3, 0.4) is 0 Å². The third kappa shape index (κ3) is 5.31. The van der Waals surface area contributed by atoms with Crippen molar-refractivity contribution in [3.8, 4) is 28.7 Å². The van der Waals surface area contributed by atoms with Crippen molar-refractivity contribution in [2.45, 2.75) is 27.0 Å². The summed E-state index contributed by atoms with van der Waals surface area (Å²) in [7, 11) is 0. The number of ether oxygens (including phenoxy) is 2. The number of carbonyl (C=O) groups excluding carboxylic acids is 1. The van der Waals surface area contributed by atoms with Gasteiger partial charge in [-0.2, -0.15) is 14.0 Å². The van der Waals surface area contributed by atoms with Crippen molar-refractivity contribution >= 4 is 17.0 Å². The summed E-state index contributed by atoms with van der Waals surface area (Å²) in [6.45, 7) is 2.48. The Morgan fingerprint density at radius 2 is 1.69 bits per heavy atom. The van der Waals surface area contributed by atoms with E-state index >= 15 is 0 Å². The average Bonchev–Trinajstić information content (AvgIpc) is 3.28. The molecular formula is C28H25F2N3O3. The molecule has 6 nitrogen and oxygen atoms in total. The zero-order chi connectivity index (χ0) is 25.7. The van der Waals surface area contributed by atoms with Crippen LogP contribution in [-0.4, -0.2) is 35.3 Å². The number of nitriles is 1. The van der Waals surface area contributed by atoms with Crippen LogP contribution in [0.4, 0.5) is 13.6 Å². The first-order valence-corrected chi connectivity index (χ1v) is 11.6. The van der Waals surface area contributed by atoms with Gasteiger partial charge in [0.15, 0.2) is 0 Å². The minimum absolute atomic E-state index is 0.105. The summed E-state index contributed by atoms with van der Waals surface area (Å²) >= 11 is 0. The van der Waals surface area contributed by atoms with Gasteiger partial charge in [0.2, 0.25) is 0 Å². The molecule has 1 amide bonds. The second-order valence-electron chi connectivity index (χ2n) is 8.07. The summed E-state index contributed by atoms with van der Waals surface area (Å²) in [5.74, 6) is 0.532. The number of benzene rings is 3. The zero-order valence-corrected chi connectivity index (χ0v) is 19.9. The highest BCUT2D eigenvalue weighted by molar-refractivity contribution is 5.99. The van der Waals surface area contributed by atoms with E-state index in [-0.39, 0.29) is 5.75 Å². The van der Waals surface area contributed by atoms with Crippen LogP contribution in [-0.2, 0) is 6.54 Å². The third-order valence-corrected chi connectivity index (χ3v) is 5.94. The summed E-state index contributed by atoms with van der Waals surface area (Å²) in [6.07, 6.45) is 1.50. The fourth-order valence-electron chi connectivity index (χ4n) is 4.10. The molecule has 1 aromatic heterocycles. The lowest BCUT2D eigenvalue weighted by atomic mass is 9.99. The molecule has 0 saturated carbocycles. The number of carbonyl (C=O) groups is 1. The van der Waals surface area contributed by atoms with Crippen molar-refractivity contribution in [1.82, 2.24) is 9.47 Å². The summed E-state index contributed by atoms with van der Waals surface area (Å²) in [5, 5.41) is 10.1. The van der Waals surface area contributed by atoms with Gasteiger partial charge in [0.05, 0.1) is 11.6 Å². The first kappa shape index (κ1) is 24.7. The summed E-state index contributed by atoms with van der Waals surface area (Å²) < 4.78 is 37.2. The first-order valence-electron chi connectivity index (χ1n) is 11.6. The number of alkyl halides is 2. The Labute approximate surface area is 207 Å². The highest BCUT2D eigenvalue weighted by Gasteiger charge is 2.19. The standard InChI is InChI=1S/C28H25F2N3O3/c1-3-32(4-2)28(34)36-25-14-13-24-23(26(25)21-9-5-19(17-31)6-10-21)15-16-33(24)18-20-7-11-22(12-8-20)35-27(29)30/h5-16,27H,3-4,18H2,1-2H3. The van der Waals surface area contributed by atoms with Crippen LogP contribution < -0.4 is 9.47 Å². The SMILES string of the molecule is CCN(CC)C(=O)Oc1ccc2c(ccn2Cc2ccc(OC(F)F)cc2)c1-c1ccc(C#N)cc1. The van der Waals surface area contributed by atoms with Gasteiger partial charge in [0.1, 0.15) is 11.5 Å². The van der Waals surface area contributed by atoms with Crippen molar-refractivity contribution in [2.75, 3.05) is 13.1 Å². The van der Waals surface area contributed by atoms with Crippen LogP contribution in [0.25, 0.3) is 22.0 Å². The van der Waals surface area contributed by atoms with E-state index in [0.29, 0.717) is 30.9 Å². The van der Waals surface area contributed by atoms with Crippen LogP contribution >= 0.6 is 0 Å². The number of hydrogen-bond acceptors (Lipinski definition) is 4. The molecule has 184 valence electrons. The zero-order valence-electron chi connectivity index (χ0n) is 19.9. The number of fused-ring (bicyclic) bond motifs is 1. The summed E-state index contributed by atoms with van der Waals surface area (Å²) in [6, 6.07) is 21.4. The lowest BCUT2D eigenvalue weighted by Crippen LogP contribution is -2.33. The second-order valence-corrected chi connectivity index (χ2v) is 8.07. The monoisotopic (exact) mass is 489 g/mol. The van der Waals surface area contributed by atoms with Gasteiger partial charge in [-0.15, -0.1) is 0 Å². The lowest BCUT2D eigenvalue weighted by molar-refractivity contribution is -0.0498. The Balaban J connectivity index is 1.73. The molecule has 0 N–H and O–H groups in total. The molecule has 0 spiro atoms. The van der Waals surface area contributed by atoms with Crippen LogP contribution in [0.15, 0.2) is 72.9 Å². The number of nitrogens with zero attached hydrogens (tertiary/aromatic N) is 3. The molecule has 0 atom stereocenters. The average molecular weight is 490 g/mol. The minimum Gasteiger partial charge on any atom is -0.435 e. The topological polar surface area (TPSA) is 67.5 Å². The maximum atomic E-state index is 12.7. The first-order chi connectivity index (χ1) is 17.4. The van der Waals surface area contributed by atoms with Gasteiger partial charge in [-0.25, -0.2) is 4.79 Å². The summed E-state index contributed by atoms with van der Waals surface area (Å²) in [5.41, 5.74) is 3.91. The van der Waals surface area contributed by atoms with Gasteiger partial charge >= 0.3 is 12.7 Å². The normalized spacial score (nSPS) is 10.9. The van der Waals surface area contributed by atoms with E-state index in [2.05, 4.69) is 10.8 Å². The van der Waals surface area contributed by atoms with E-state index in [1.54, 1.807) is 35.2 Å². The molecule has 8 heteroatoms. The number of aromatic nitrogens is 1. The number of halogens is 2. The number of hydrogen-bond donors (Lipinski definition) is 0. The largest absolute Gasteiger partial charge is 0.435 e. The molecule has 4 rings (SSSR count). The van der Waals surface area contributed by atoms with Gasteiger partial charge in [0.25, 0.3) is 0 Å². The van der Waals surface area contributed by atoms with E-state index < -0.39 is 12.7 Å². The van der Waals surface area contributed by atoms with E-state index in [9.17, 15) is 18.8 Å². The highest BCUT2D eigenvalue weighted by Crippen LogP contribution is 2.38. The van der Waals surface area contributed by atoms with Crippen LogP contribution in [0.5, 0.6) is 11.5 Å². The van der Waals surface area contributed by atoms with Crippen molar-refractivity contribution in [3.05, 3.63) is 84.1 Å². The van der Waals surface area contributed by atoms with Crippen molar-refractivity contribution < 1.29 is 23.0 Å². The van der Waals surface area contributed by atoms with E-state index in [4.69, 9.17) is 4.74 Å². The molecule has 0 aliphatic rings. The molecule has 0 unspecified atom stereocenters. The molecule has 0 aliphatic heterocycles. The molecule has 3 aromatic carbocycles. The molecule has 0 bridgehead atoms. The van der Waals surface area contributed by atoms with Crippen LogP contribution in [0.1, 0.15) is 25.0 Å². The second kappa shape index (κ2) is 10.9. The highest BCUT2D eigenvalue weighted by atomic mass is 19.3. The van der Waals surface area contributed by atoms with Gasteiger partial charge in [-0.1, -0.05) is 24.3 Å².